The number of hydroxylamine groups is 1. The van der Waals surface area contributed by atoms with Crippen LogP contribution < -0.4 is 11.2 Å². The molecule has 2 fully saturated rings. The highest BCUT2D eigenvalue weighted by Crippen LogP contribution is 2.29. The summed E-state index contributed by atoms with van der Waals surface area (Å²) in [5.74, 6) is 0.0521. The third kappa shape index (κ3) is 5.64. The highest BCUT2D eigenvalue weighted by Gasteiger charge is 2.51. The summed E-state index contributed by atoms with van der Waals surface area (Å²) < 4.78 is 5.80. The first-order valence-corrected chi connectivity index (χ1v) is 11.2. The second-order valence-electron chi connectivity index (χ2n) is 8.66. The van der Waals surface area contributed by atoms with Gasteiger partial charge in [0.1, 0.15) is 0 Å². The van der Waals surface area contributed by atoms with Crippen LogP contribution in [0, 0.1) is 5.92 Å². The molecule has 0 bridgehead atoms. The van der Waals surface area contributed by atoms with Gasteiger partial charge in [0.25, 0.3) is 0 Å². The number of nitrogens with two attached hydrogens (primary N) is 1. The number of carbonyl (C=O) groups is 1. The maximum atomic E-state index is 12.4. The number of rotatable bonds is 8. The fraction of sp³-hybridized carbons (Fsp3) is 0.458. The van der Waals surface area contributed by atoms with Crippen LogP contribution in [-0.2, 0) is 27.5 Å². The van der Waals surface area contributed by atoms with E-state index in [2.05, 4.69) is 22.5 Å². The Morgan fingerprint density at radius 1 is 1.10 bits per heavy atom. The van der Waals surface area contributed by atoms with Crippen molar-refractivity contribution in [2.24, 2.45) is 11.7 Å². The predicted octanol–water partition coefficient (Wildman–Crippen LogP) is 3.29. The van der Waals surface area contributed by atoms with Crippen molar-refractivity contribution in [3.63, 3.8) is 0 Å². The second-order valence-corrected chi connectivity index (χ2v) is 9.10. The van der Waals surface area contributed by atoms with Gasteiger partial charge in [-0.2, -0.15) is 0 Å². The molecule has 0 aromatic heterocycles. The van der Waals surface area contributed by atoms with Crippen molar-refractivity contribution in [2.45, 2.75) is 44.0 Å². The molecule has 2 aliphatic rings. The maximum Gasteiger partial charge on any atom is 0.348 e. The van der Waals surface area contributed by atoms with Gasteiger partial charge in [-0.3, -0.25) is 4.90 Å². The first-order chi connectivity index (χ1) is 15.0. The van der Waals surface area contributed by atoms with Crippen LogP contribution in [0.2, 0.25) is 5.02 Å². The zero-order valence-electron chi connectivity index (χ0n) is 17.6. The van der Waals surface area contributed by atoms with Crippen molar-refractivity contribution in [1.82, 2.24) is 10.4 Å². The Kier molecular flexibility index (Phi) is 7.25. The largest absolute Gasteiger partial charge is 0.374 e. The van der Waals surface area contributed by atoms with E-state index in [1.165, 1.54) is 5.56 Å². The van der Waals surface area contributed by atoms with E-state index in [9.17, 15) is 4.79 Å². The summed E-state index contributed by atoms with van der Waals surface area (Å²) in [4.78, 5) is 19.9. The zero-order chi connectivity index (χ0) is 21.7. The average Bonchev–Trinajstić information content (AvgIpc) is 3.06. The van der Waals surface area contributed by atoms with Crippen LogP contribution in [0.15, 0.2) is 54.6 Å². The monoisotopic (exact) mass is 443 g/mol. The molecule has 166 valence electrons. The van der Waals surface area contributed by atoms with Crippen molar-refractivity contribution in [1.29, 1.82) is 0 Å². The topological polar surface area (TPSA) is 76.8 Å². The first-order valence-electron chi connectivity index (χ1n) is 10.9. The molecule has 2 aliphatic heterocycles. The molecule has 6 nitrogen and oxygen atoms in total. The number of nitrogens with zero attached hydrogens (tertiary/aromatic N) is 1. The lowest BCUT2D eigenvalue weighted by Gasteiger charge is -2.35. The van der Waals surface area contributed by atoms with Crippen molar-refractivity contribution in [3.8, 4) is 0 Å². The standard InChI is InChI=1S/C24H30ClN3O3/c25-21-8-6-19(7-9-21)15-28-12-10-18(11-13-28)14-22-24(26,23(29)31-27-22)17-30-16-20-4-2-1-3-5-20/h1-9,18,22,27H,10-17,26H2. The van der Waals surface area contributed by atoms with E-state index in [1.54, 1.807) is 0 Å². The molecule has 31 heavy (non-hydrogen) atoms. The van der Waals surface area contributed by atoms with E-state index < -0.39 is 11.5 Å². The molecule has 2 atom stereocenters. The number of piperidine rings is 1. The Morgan fingerprint density at radius 3 is 2.52 bits per heavy atom. The third-order valence-corrected chi connectivity index (χ3v) is 6.60. The Labute approximate surface area is 188 Å². The van der Waals surface area contributed by atoms with Crippen molar-refractivity contribution in [2.75, 3.05) is 19.7 Å². The molecule has 0 amide bonds. The lowest BCUT2D eigenvalue weighted by Crippen LogP contribution is -2.58. The third-order valence-electron chi connectivity index (χ3n) is 6.34. The van der Waals surface area contributed by atoms with Crippen LogP contribution in [-0.4, -0.2) is 42.1 Å². The van der Waals surface area contributed by atoms with Crippen LogP contribution in [0.3, 0.4) is 0 Å². The molecule has 7 heteroatoms. The minimum Gasteiger partial charge on any atom is -0.374 e. The predicted molar refractivity (Wildman–Crippen MR) is 120 cm³/mol. The Bertz CT molecular complexity index is 856. The van der Waals surface area contributed by atoms with Crippen LogP contribution in [0.1, 0.15) is 30.4 Å². The molecule has 0 radical (unpaired) electrons. The number of carbonyl (C=O) groups excluding carboxylic acids is 1. The van der Waals surface area contributed by atoms with Crippen LogP contribution in [0.4, 0.5) is 0 Å². The zero-order valence-corrected chi connectivity index (χ0v) is 18.4. The molecular weight excluding hydrogens is 414 g/mol. The number of hydrogen-bond acceptors (Lipinski definition) is 6. The highest BCUT2D eigenvalue weighted by molar-refractivity contribution is 6.30. The van der Waals surface area contributed by atoms with Gasteiger partial charge in [-0.25, -0.2) is 4.79 Å². The maximum absolute atomic E-state index is 12.4. The van der Waals surface area contributed by atoms with Gasteiger partial charge >= 0.3 is 5.97 Å². The molecule has 0 aliphatic carbocycles. The number of nitrogens with one attached hydrogen (secondary N) is 1. The fourth-order valence-electron chi connectivity index (χ4n) is 4.36. The molecule has 2 unspecified atom stereocenters. The van der Waals surface area contributed by atoms with Crippen LogP contribution in [0.5, 0.6) is 0 Å². The lowest BCUT2D eigenvalue weighted by atomic mass is 9.82. The van der Waals surface area contributed by atoms with Gasteiger partial charge in [-0.15, -0.1) is 5.48 Å². The van der Waals surface area contributed by atoms with Crippen LogP contribution in [0.25, 0.3) is 0 Å². The van der Waals surface area contributed by atoms with Crippen molar-refractivity contribution in [3.05, 3.63) is 70.7 Å². The molecule has 2 aromatic rings. The molecule has 2 heterocycles. The smallest absolute Gasteiger partial charge is 0.348 e. The van der Waals surface area contributed by atoms with Gasteiger partial charge in [0.15, 0.2) is 5.54 Å². The Hall–Kier alpha value is -1.96. The molecule has 4 rings (SSSR count). The van der Waals surface area contributed by atoms with E-state index in [0.29, 0.717) is 12.5 Å². The van der Waals surface area contributed by atoms with Gasteiger partial charge in [-0.1, -0.05) is 54.1 Å². The number of benzene rings is 2. The number of ether oxygens (including phenoxy) is 1. The molecule has 0 spiro atoms. The highest BCUT2D eigenvalue weighted by atomic mass is 35.5. The van der Waals surface area contributed by atoms with Gasteiger partial charge < -0.3 is 15.3 Å². The summed E-state index contributed by atoms with van der Waals surface area (Å²) in [6.07, 6.45) is 2.94. The second kappa shape index (κ2) is 10.1. The molecule has 2 saturated heterocycles. The number of likely N-dealkylation sites (tertiary alicyclic amines) is 1. The summed E-state index contributed by atoms with van der Waals surface area (Å²) in [5.41, 5.74) is 10.5. The summed E-state index contributed by atoms with van der Waals surface area (Å²) >= 11 is 5.98. The minimum absolute atomic E-state index is 0.133. The van der Waals surface area contributed by atoms with Crippen LogP contribution >= 0.6 is 11.6 Å². The van der Waals surface area contributed by atoms with Crippen molar-refractivity contribution < 1.29 is 14.4 Å². The fourth-order valence-corrected chi connectivity index (χ4v) is 4.48. The van der Waals surface area contributed by atoms with E-state index in [-0.39, 0.29) is 12.6 Å². The normalized spacial score (nSPS) is 25.0. The summed E-state index contributed by atoms with van der Waals surface area (Å²) in [6.45, 7) is 3.53. The lowest BCUT2D eigenvalue weighted by molar-refractivity contribution is -0.148. The van der Waals surface area contributed by atoms with E-state index in [1.807, 2.05) is 42.5 Å². The van der Waals surface area contributed by atoms with E-state index in [4.69, 9.17) is 26.9 Å². The van der Waals surface area contributed by atoms with Crippen molar-refractivity contribution >= 4 is 17.6 Å². The molecule has 2 aromatic carbocycles. The summed E-state index contributed by atoms with van der Waals surface area (Å²) in [6, 6.07) is 17.7. The quantitative estimate of drug-likeness (QED) is 0.652. The first kappa shape index (κ1) is 22.2. The van der Waals surface area contributed by atoms with E-state index in [0.717, 1.165) is 49.5 Å². The number of halogens is 1. The summed E-state index contributed by atoms with van der Waals surface area (Å²) in [7, 11) is 0. The molecular formula is C24H30ClN3O3. The average molecular weight is 444 g/mol. The molecule has 0 saturated carbocycles. The molecule has 3 N–H and O–H groups in total. The minimum atomic E-state index is -1.16. The van der Waals surface area contributed by atoms with Gasteiger partial charge in [0.2, 0.25) is 0 Å². The SMILES string of the molecule is NC1(COCc2ccccc2)C(=O)ONC1CC1CCN(Cc2ccc(Cl)cc2)CC1. The van der Waals surface area contributed by atoms with E-state index >= 15 is 0 Å². The van der Waals surface area contributed by atoms with Gasteiger partial charge in [0, 0.05) is 11.6 Å². The Balaban J connectivity index is 1.26. The summed E-state index contributed by atoms with van der Waals surface area (Å²) in [5, 5.41) is 0.765. The number of hydrogen-bond donors (Lipinski definition) is 2. The Morgan fingerprint density at radius 2 is 1.81 bits per heavy atom. The van der Waals surface area contributed by atoms with Gasteiger partial charge in [0.05, 0.1) is 19.3 Å². The van der Waals surface area contributed by atoms with Gasteiger partial charge in [-0.05, 0) is 61.5 Å².